The Morgan fingerprint density at radius 2 is 0.920 bits per heavy atom. The average Bonchev–Trinajstić information content (AvgIpc) is 0.793. The van der Waals surface area contributed by atoms with Crippen molar-refractivity contribution in [2.75, 3.05) is 85.0 Å². The molecule has 9 aromatic rings. The number of hydrogen-bond acceptors (Lipinski definition) is 19. The number of aldehydes is 1. The number of nitrogens with zero attached hydrogens (tertiary/aromatic N) is 10. The van der Waals surface area contributed by atoms with Crippen LogP contribution in [0.1, 0.15) is 145 Å². The van der Waals surface area contributed by atoms with E-state index in [-0.39, 0.29) is 42.7 Å². The molecule has 8 heterocycles. The number of fused-ring (bicyclic) bond motifs is 3. The van der Waals surface area contributed by atoms with Crippen LogP contribution in [0.25, 0.3) is 32.7 Å². The van der Waals surface area contributed by atoms with Crippen LogP contribution in [-0.2, 0) is 22.6 Å². The van der Waals surface area contributed by atoms with Crippen molar-refractivity contribution in [1.29, 1.82) is 15.8 Å². The predicted octanol–water partition coefficient (Wildman–Crippen LogP) is 16.7. The second-order valence-corrected chi connectivity index (χ2v) is 34.0. The predicted molar refractivity (Wildman–Crippen MR) is 464 cm³/mol. The zero-order valence-electron chi connectivity index (χ0n) is 66.5. The number of rotatable bonds is 13. The minimum atomic E-state index is -0.494. The lowest BCUT2D eigenvalue weighted by Crippen LogP contribution is -2.49. The first-order valence-electron chi connectivity index (χ1n) is 39.1. The van der Waals surface area contributed by atoms with Gasteiger partial charge in [-0.2, -0.15) is 15.8 Å². The molecule has 5 fully saturated rings. The molecule has 14 rings (SSSR count). The summed E-state index contributed by atoms with van der Waals surface area (Å²) in [5.41, 5.74) is 17.3. The molecule has 3 aromatic heterocycles. The number of aromatic nitrogens is 3. The summed E-state index contributed by atoms with van der Waals surface area (Å²) in [6, 6.07) is 56.3. The molecule has 0 saturated carbocycles. The molecular weight excluding hydrogens is 1570 g/mol. The number of hydrogen-bond donors (Lipinski definition) is 6. The number of alkyl carbamates (subject to hydrolysis) is 2. The first kappa shape index (κ1) is 87.5. The summed E-state index contributed by atoms with van der Waals surface area (Å²) in [5.74, 6) is 1.73. The summed E-state index contributed by atoms with van der Waals surface area (Å²) in [4.78, 5) is 56.6. The van der Waals surface area contributed by atoms with Gasteiger partial charge >= 0.3 is 12.2 Å². The van der Waals surface area contributed by atoms with E-state index in [1.165, 1.54) is 28.9 Å². The maximum absolute atomic E-state index is 12.2. The van der Waals surface area contributed by atoms with Crippen molar-refractivity contribution in [1.82, 2.24) is 41.5 Å². The molecule has 113 heavy (non-hydrogen) atoms. The van der Waals surface area contributed by atoms with Crippen LogP contribution in [0.2, 0.25) is 0 Å². The van der Waals surface area contributed by atoms with Gasteiger partial charge in [-0.3, -0.25) is 19.7 Å². The van der Waals surface area contributed by atoms with Gasteiger partial charge < -0.3 is 61.4 Å². The van der Waals surface area contributed by atoms with Crippen LogP contribution in [0.4, 0.5) is 32.3 Å². The van der Waals surface area contributed by atoms with Gasteiger partial charge in [-0.25, -0.2) is 9.59 Å². The Kier molecular flexibility index (Phi) is 32.6. The van der Waals surface area contributed by atoms with Crippen LogP contribution >= 0.6 is 44.3 Å². The normalized spacial score (nSPS) is 20.2. The molecule has 0 spiro atoms. The fraction of sp³-hybridized carbons (Fsp3) is 0.427. The van der Waals surface area contributed by atoms with E-state index in [9.17, 15) is 30.2 Å². The zero-order valence-corrected chi connectivity index (χ0v) is 70.5. The van der Waals surface area contributed by atoms with Crippen LogP contribution in [0.5, 0.6) is 0 Å². The summed E-state index contributed by atoms with van der Waals surface area (Å²) in [6.45, 7) is 29.2. The Morgan fingerprint density at radius 1 is 0.522 bits per heavy atom. The Labute approximate surface area is 689 Å². The van der Waals surface area contributed by atoms with Gasteiger partial charge in [-0.1, -0.05) is 89.0 Å². The number of pyridine rings is 3. The first-order valence-corrected chi connectivity index (χ1v) is 40.7. The van der Waals surface area contributed by atoms with E-state index in [2.05, 4.69) is 205 Å². The van der Waals surface area contributed by atoms with Crippen LogP contribution in [-0.4, -0.2) is 140 Å². The highest BCUT2D eigenvalue weighted by atomic mass is 79.9. The van der Waals surface area contributed by atoms with E-state index in [1.807, 2.05) is 102 Å². The van der Waals surface area contributed by atoms with E-state index < -0.39 is 11.2 Å². The molecule has 5 aliphatic rings. The number of benzene rings is 6. The number of piperidine rings is 5. The SMILES string of the molecule is CC(C)(C)OC(=O)NC1CCCNC1.C[C@H]1C[C@@H](N)CN(c2ccc(C#N)c3ncccc23)C1.C[C@H]1C[C@@H](NCc2ccc(Br)cc2)CN(c2ccc(C#N)c3ncccc23)C1.C[C@H]1C[C@@H](NCc2ccc(N3CCCC(NC(=O)OC(C)(C)C)C3)cc2)CN(c2ccc(C#N)c3ncccc23)C1.Cl.O=Cc1ccc(Br)cc1. The maximum atomic E-state index is 12.2. The van der Waals surface area contributed by atoms with Crippen LogP contribution in [0, 0.1) is 51.7 Å². The fourth-order valence-corrected chi connectivity index (χ4v) is 15.8. The molecule has 2 amide bonds. The lowest BCUT2D eigenvalue weighted by atomic mass is 9.94. The highest BCUT2D eigenvalue weighted by molar-refractivity contribution is 9.10. The van der Waals surface area contributed by atoms with Gasteiger partial charge in [0.05, 0.1) is 33.2 Å². The Morgan fingerprint density at radius 3 is 1.33 bits per heavy atom. The molecule has 7 N–H and O–H groups in total. The van der Waals surface area contributed by atoms with E-state index in [1.54, 1.807) is 30.7 Å². The third-order valence-corrected chi connectivity index (χ3v) is 21.3. The summed E-state index contributed by atoms with van der Waals surface area (Å²) in [7, 11) is 0. The number of nitrogens with one attached hydrogen (secondary N) is 5. The summed E-state index contributed by atoms with van der Waals surface area (Å²) >= 11 is 6.75. The van der Waals surface area contributed by atoms with Gasteiger partial charge in [0.2, 0.25) is 0 Å². The van der Waals surface area contributed by atoms with Gasteiger partial charge in [0, 0.05) is 174 Å². The number of nitrogens with two attached hydrogens (primary N) is 1. The van der Waals surface area contributed by atoms with Gasteiger partial charge in [-0.05, 0) is 231 Å². The molecule has 5 saturated heterocycles. The monoisotopic (exact) mass is 1670 g/mol. The number of carbonyl (C=O) groups excluding carboxylic acids is 3. The topological polar surface area (TPSA) is 279 Å². The maximum Gasteiger partial charge on any atom is 0.407 e. The molecular formula is C89H109Br2ClN16O5. The average molecular weight is 1680 g/mol. The van der Waals surface area contributed by atoms with Crippen molar-refractivity contribution in [2.45, 2.75) is 162 Å². The second kappa shape index (κ2) is 42.0. The first-order chi connectivity index (χ1) is 53.8. The second-order valence-electron chi connectivity index (χ2n) is 32.2. The van der Waals surface area contributed by atoms with Gasteiger partial charge in [-0.15, -0.1) is 12.4 Å². The number of carbonyl (C=O) groups is 3. The van der Waals surface area contributed by atoms with Crippen LogP contribution in [0.15, 0.2) is 173 Å². The van der Waals surface area contributed by atoms with Gasteiger partial charge in [0.1, 0.15) is 35.7 Å². The largest absolute Gasteiger partial charge is 0.444 e. The lowest BCUT2D eigenvalue weighted by molar-refractivity contribution is 0.0486. The molecule has 5 aliphatic heterocycles. The quantitative estimate of drug-likeness (QED) is 0.0585. The molecule has 0 radical (unpaired) electrons. The number of halogens is 3. The Hall–Kier alpha value is -9.48. The number of ether oxygens (including phenoxy) is 2. The van der Waals surface area contributed by atoms with E-state index in [4.69, 9.17) is 15.2 Å². The van der Waals surface area contributed by atoms with Crippen molar-refractivity contribution in [3.8, 4) is 18.2 Å². The third-order valence-electron chi connectivity index (χ3n) is 20.2. The highest BCUT2D eigenvalue weighted by Crippen LogP contribution is 2.35. The third kappa shape index (κ3) is 26.3. The standard InChI is InChI=1S/C33H42N6O2.C23H23BrN4.C16H18N4.C10H20N2O2.C7H5BrO.ClH/c1-23-17-27(22-39(20-23)30-14-11-25(18-34)31-29(30)8-5-15-35-31)36-19-24-9-12-28(13-10-24)38-16-6-7-26(21-38)37-32(40)41-33(2,3)4;1-16-11-20(27-13-17-4-7-19(24)8-5-17)15-28(14-16)22-9-6-18(12-25)23-21(22)3-2-10-26-23;1-11-7-13(18)10-20(9-11)15-5-4-12(8-17)16-14(15)3-2-6-19-16;1-10(2,3)14-9(13)12-8-5-4-6-11-7-8;8-7-3-1-6(5-9)2-4-7;/h5,8-15,23,26-27,36H,6-7,16-17,19-22H2,1-4H3,(H,37,40);2-10,16,20,27H,11,13-15H2,1H3;2-6,11,13H,7,9-10,18H2,1H3;8,11H,4-7H2,1-3H3,(H,12,13);1-5H;1H/t23-,26?,27+;16-,20+;11-,13+;;;/m000.../s1. The Balaban J connectivity index is 0.000000176. The highest BCUT2D eigenvalue weighted by Gasteiger charge is 2.31. The minimum Gasteiger partial charge on any atom is -0.444 e. The molecule has 0 bridgehead atoms. The van der Waals surface area contributed by atoms with Crippen LogP contribution in [0.3, 0.4) is 0 Å². The molecule has 596 valence electrons. The van der Waals surface area contributed by atoms with Crippen LogP contribution < -0.4 is 51.9 Å². The summed E-state index contributed by atoms with van der Waals surface area (Å²) in [5, 5.41) is 47.9. The zero-order chi connectivity index (χ0) is 79.9. The fourth-order valence-electron chi connectivity index (χ4n) is 15.3. The smallest absolute Gasteiger partial charge is 0.407 e. The van der Waals surface area contributed by atoms with Crippen molar-refractivity contribution >= 4 is 118 Å². The van der Waals surface area contributed by atoms with Gasteiger partial charge in [0.25, 0.3) is 0 Å². The van der Waals surface area contributed by atoms with Crippen molar-refractivity contribution in [3.63, 3.8) is 0 Å². The number of amides is 2. The van der Waals surface area contributed by atoms with E-state index in [0.717, 1.165) is 176 Å². The van der Waals surface area contributed by atoms with Gasteiger partial charge in [0.15, 0.2) is 0 Å². The minimum absolute atomic E-state index is 0. The number of anilines is 4. The Bertz CT molecular complexity index is 4720. The summed E-state index contributed by atoms with van der Waals surface area (Å²) < 4.78 is 12.7. The van der Waals surface area contributed by atoms with Crippen molar-refractivity contribution in [3.05, 3.63) is 207 Å². The molecule has 6 aromatic carbocycles. The van der Waals surface area contributed by atoms with E-state index >= 15 is 0 Å². The van der Waals surface area contributed by atoms with Crippen molar-refractivity contribution in [2.24, 2.45) is 23.5 Å². The van der Waals surface area contributed by atoms with E-state index in [0.29, 0.717) is 52.1 Å². The number of nitriles is 3. The van der Waals surface area contributed by atoms with Crippen molar-refractivity contribution < 1.29 is 23.9 Å². The summed E-state index contributed by atoms with van der Waals surface area (Å²) in [6.07, 6.45) is 12.9. The molecule has 8 atom stereocenters. The molecule has 0 aliphatic carbocycles. The lowest BCUT2D eigenvalue weighted by Gasteiger charge is -2.39. The molecule has 24 heteroatoms. The molecule has 2 unspecified atom stereocenters. The molecule has 21 nitrogen and oxygen atoms in total.